The Morgan fingerprint density at radius 2 is 2.05 bits per heavy atom. The first-order valence-corrected chi connectivity index (χ1v) is 7.77. The summed E-state index contributed by atoms with van der Waals surface area (Å²) in [4.78, 5) is 0. The minimum atomic E-state index is -4.07. The minimum absolute atomic E-state index is 0.0650. The van der Waals surface area contributed by atoms with Gasteiger partial charge in [0.05, 0.1) is 10.9 Å². The van der Waals surface area contributed by atoms with Gasteiger partial charge in [0.25, 0.3) is 0 Å². The van der Waals surface area contributed by atoms with Gasteiger partial charge in [-0.3, -0.25) is 0 Å². The molecule has 112 valence electrons. The zero-order chi connectivity index (χ0) is 14.8. The van der Waals surface area contributed by atoms with Crippen molar-refractivity contribution in [3.8, 4) is 0 Å². The molecular weight excluding hydrogens is 355 g/mol. The summed E-state index contributed by atoms with van der Waals surface area (Å²) in [5.74, 6) is -1.16. The van der Waals surface area contributed by atoms with E-state index in [-0.39, 0.29) is 18.9 Å². The summed E-state index contributed by atoms with van der Waals surface area (Å²) in [6, 6.07) is 5.48. The molecule has 0 radical (unpaired) electrons. The molecule has 1 N–H and O–H groups in total. The summed E-state index contributed by atoms with van der Waals surface area (Å²) < 4.78 is 39.0. The van der Waals surface area contributed by atoms with Crippen LogP contribution in [-0.4, -0.2) is 12.2 Å². The van der Waals surface area contributed by atoms with E-state index in [0.29, 0.717) is 18.0 Å². The Hall–Kier alpha value is -0.260. The van der Waals surface area contributed by atoms with Crippen LogP contribution in [0.1, 0.15) is 31.2 Å². The van der Waals surface area contributed by atoms with Crippen LogP contribution in [0, 0.1) is 5.92 Å². The number of rotatable bonds is 3. The molecule has 1 nitrogen and oxygen atoms in total. The van der Waals surface area contributed by atoms with Gasteiger partial charge in [-0.25, -0.2) is 0 Å². The zero-order valence-corrected chi connectivity index (χ0v) is 13.2. The molecule has 6 heteroatoms. The van der Waals surface area contributed by atoms with Gasteiger partial charge in [0.2, 0.25) is 0 Å². The maximum absolute atomic E-state index is 12.7. The first-order valence-electron chi connectivity index (χ1n) is 6.60. The van der Waals surface area contributed by atoms with Crippen molar-refractivity contribution in [1.82, 2.24) is 5.32 Å². The van der Waals surface area contributed by atoms with Gasteiger partial charge in [-0.05, 0) is 52.9 Å². The average Bonchev–Trinajstić information content (AvgIpc) is 2.39. The summed E-state index contributed by atoms with van der Waals surface area (Å²) in [7, 11) is 0. The van der Waals surface area contributed by atoms with Crippen LogP contribution in [0.3, 0.4) is 0 Å². The van der Waals surface area contributed by atoms with Crippen LogP contribution in [0.4, 0.5) is 13.2 Å². The van der Waals surface area contributed by atoms with Gasteiger partial charge in [-0.2, -0.15) is 13.2 Å². The van der Waals surface area contributed by atoms with E-state index in [1.165, 1.54) is 0 Å². The fourth-order valence-corrected chi connectivity index (χ4v) is 3.13. The molecule has 0 aromatic heterocycles. The second kappa shape index (κ2) is 6.67. The molecule has 1 aliphatic carbocycles. The molecule has 2 unspecified atom stereocenters. The molecule has 0 heterocycles. The minimum Gasteiger partial charge on any atom is -0.310 e. The third-order valence-electron chi connectivity index (χ3n) is 3.72. The summed E-state index contributed by atoms with van der Waals surface area (Å²) in [6.45, 7) is 0.561. The van der Waals surface area contributed by atoms with Gasteiger partial charge >= 0.3 is 6.18 Å². The topological polar surface area (TPSA) is 12.0 Å². The Bertz CT molecular complexity index is 464. The number of hydrogen-bond acceptors (Lipinski definition) is 1. The van der Waals surface area contributed by atoms with Gasteiger partial charge in [0, 0.05) is 17.1 Å². The number of nitrogens with one attached hydrogen (secondary N) is 1. The number of benzene rings is 1. The Morgan fingerprint density at radius 3 is 2.70 bits per heavy atom. The first-order chi connectivity index (χ1) is 9.36. The fourth-order valence-electron chi connectivity index (χ4n) is 2.58. The quantitative estimate of drug-likeness (QED) is 0.760. The maximum atomic E-state index is 12.7. The third-order valence-corrected chi connectivity index (χ3v) is 4.93. The molecule has 2 rings (SSSR count). The van der Waals surface area contributed by atoms with Crippen LogP contribution in [-0.2, 0) is 6.54 Å². The van der Waals surface area contributed by atoms with E-state index in [2.05, 4.69) is 21.2 Å². The van der Waals surface area contributed by atoms with E-state index in [1.807, 2.05) is 12.1 Å². The Labute approximate surface area is 130 Å². The van der Waals surface area contributed by atoms with Crippen molar-refractivity contribution < 1.29 is 13.2 Å². The zero-order valence-electron chi connectivity index (χ0n) is 10.8. The highest BCUT2D eigenvalue weighted by Crippen LogP contribution is 2.37. The number of hydrogen-bond donors (Lipinski definition) is 1. The highest BCUT2D eigenvalue weighted by atomic mass is 79.9. The second-order valence-corrected chi connectivity index (χ2v) is 6.49. The molecule has 0 aliphatic heterocycles. The fraction of sp³-hybridized carbons (Fsp3) is 0.571. The van der Waals surface area contributed by atoms with Crippen LogP contribution in [0.5, 0.6) is 0 Å². The molecular formula is C14H16BrClF3N. The van der Waals surface area contributed by atoms with Crippen LogP contribution < -0.4 is 5.32 Å². The lowest BCUT2D eigenvalue weighted by molar-refractivity contribution is -0.183. The van der Waals surface area contributed by atoms with Crippen molar-refractivity contribution in [2.24, 2.45) is 5.92 Å². The molecule has 1 aliphatic rings. The van der Waals surface area contributed by atoms with E-state index in [9.17, 15) is 13.2 Å². The molecule has 0 amide bonds. The highest BCUT2D eigenvalue weighted by Gasteiger charge is 2.41. The van der Waals surface area contributed by atoms with Gasteiger partial charge in [-0.1, -0.05) is 24.1 Å². The van der Waals surface area contributed by atoms with E-state index in [1.54, 1.807) is 6.07 Å². The van der Waals surface area contributed by atoms with Crippen LogP contribution in [0.15, 0.2) is 22.7 Å². The number of alkyl halides is 3. The lowest BCUT2D eigenvalue weighted by Gasteiger charge is -2.31. The molecule has 0 bridgehead atoms. The molecule has 1 fully saturated rings. The standard InChI is InChI=1S/C14H16BrClF3N/c15-12-6-9(4-5-13(12)16)8-20-11-3-1-2-10(7-11)14(17,18)19/h4-6,10-11,20H,1-3,7-8H2. The Morgan fingerprint density at radius 1 is 1.30 bits per heavy atom. The summed E-state index contributed by atoms with van der Waals surface area (Å²) in [5.41, 5.74) is 1.01. The second-order valence-electron chi connectivity index (χ2n) is 5.23. The van der Waals surface area contributed by atoms with Crippen LogP contribution >= 0.6 is 27.5 Å². The Kier molecular flexibility index (Phi) is 5.37. The largest absolute Gasteiger partial charge is 0.391 e. The Balaban J connectivity index is 1.88. The van der Waals surface area contributed by atoms with Crippen molar-refractivity contribution in [2.75, 3.05) is 0 Å². The van der Waals surface area contributed by atoms with Crippen molar-refractivity contribution >= 4 is 27.5 Å². The van der Waals surface area contributed by atoms with Crippen LogP contribution in [0.25, 0.3) is 0 Å². The van der Waals surface area contributed by atoms with Crippen molar-refractivity contribution in [1.29, 1.82) is 0 Å². The molecule has 1 saturated carbocycles. The molecule has 0 saturated heterocycles. The third kappa shape index (κ3) is 4.37. The van der Waals surface area contributed by atoms with Gasteiger partial charge < -0.3 is 5.32 Å². The van der Waals surface area contributed by atoms with Crippen molar-refractivity contribution in [2.45, 2.75) is 44.4 Å². The van der Waals surface area contributed by atoms with Gasteiger partial charge in [0.15, 0.2) is 0 Å². The number of halogens is 5. The van der Waals surface area contributed by atoms with Crippen molar-refractivity contribution in [3.05, 3.63) is 33.3 Å². The average molecular weight is 371 g/mol. The van der Waals surface area contributed by atoms with E-state index >= 15 is 0 Å². The van der Waals surface area contributed by atoms with Crippen LogP contribution in [0.2, 0.25) is 5.02 Å². The normalized spacial score (nSPS) is 23.9. The lowest BCUT2D eigenvalue weighted by atomic mass is 9.85. The van der Waals surface area contributed by atoms with Gasteiger partial charge in [0.1, 0.15) is 0 Å². The molecule has 1 aromatic rings. The lowest BCUT2D eigenvalue weighted by Crippen LogP contribution is -2.38. The first kappa shape index (κ1) is 16.1. The van der Waals surface area contributed by atoms with Gasteiger partial charge in [-0.15, -0.1) is 0 Å². The predicted octanol–water partition coefficient (Wildman–Crippen LogP) is 5.31. The molecule has 2 atom stereocenters. The SMILES string of the molecule is FC(F)(F)C1CCCC(NCc2ccc(Cl)c(Br)c2)C1. The summed E-state index contributed by atoms with van der Waals surface area (Å²) in [5, 5.41) is 3.85. The highest BCUT2D eigenvalue weighted by molar-refractivity contribution is 9.10. The maximum Gasteiger partial charge on any atom is 0.391 e. The summed E-state index contributed by atoms with van der Waals surface area (Å²) >= 11 is 9.25. The molecule has 1 aromatic carbocycles. The van der Waals surface area contributed by atoms with E-state index in [0.717, 1.165) is 16.5 Å². The predicted molar refractivity (Wildman–Crippen MR) is 77.8 cm³/mol. The smallest absolute Gasteiger partial charge is 0.310 e. The van der Waals surface area contributed by atoms with E-state index < -0.39 is 12.1 Å². The van der Waals surface area contributed by atoms with E-state index in [4.69, 9.17) is 11.6 Å². The van der Waals surface area contributed by atoms with Crippen molar-refractivity contribution in [3.63, 3.8) is 0 Å². The summed E-state index contributed by atoms with van der Waals surface area (Å²) in [6.07, 6.45) is -2.19. The molecule has 20 heavy (non-hydrogen) atoms. The monoisotopic (exact) mass is 369 g/mol. The molecule has 0 spiro atoms.